The molecule has 2 aromatic heterocycles. The van der Waals surface area contributed by atoms with Gasteiger partial charge in [-0.3, -0.25) is 4.79 Å². The van der Waals surface area contributed by atoms with Crippen LogP contribution in [0.4, 0.5) is 8.78 Å². The molecule has 144 valence electrons. The molecule has 0 fully saturated rings. The van der Waals surface area contributed by atoms with E-state index < -0.39 is 12.5 Å². The van der Waals surface area contributed by atoms with Gasteiger partial charge >= 0.3 is 0 Å². The highest BCUT2D eigenvalue weighted by atomic mass is 35.5. The van der Waals surface area contributed by atoms with Gasteiger partial charge in [0.15, 0.2) is 6.61 Å². The van der Waals surface area contributed by atoms with Crippen LogP contribution < -0.4 is 4.74 Å². The first-order chi connectivity index (χ1) is 12.7. The van der Waals surface area contributed by atoms with E-state index in [2.05, 4.69) is 9.97 Å². The lowest BCUT2D eigenvalue weighted by Gasteiger charge is -2.25. The van der Waals surface area contributed by atoms with E-state index in [4.69, 9.17) is 16.3 Å². The van der Waals surface area contributed by atoms with Gasteiger partial charge in [-0.25, -0.2) is 18.7 Å². The Bertz CT molecular complexity index is 876. The zero-order valence-corrected chi connectivity index (χ0v) is 16.1. The second-order valence-electron chi connectivity index (χ2n) is 6.63. The molecule has 0 radical (unpaired) electrons. The van der Waals surface area contributed by atoms with Crippen LogP contribution in [-0.4, -0.2) is 33.3 Å². The fourth-order valence-electron chi connectivity index (χ4n) is 2.95. The van der Waals surface area contributed by atoms with Crippen LogP contribution in [-0.2, 0) is 6.54 Å². The predicted octanol–water partition coefficient (Wildman–Crippen LogP) is 4.58. The molecule has 3 heterocycles. The number of rotatable bonds is 6. The van der Waals surface area contributed by atoms with Crippen molar-refractivity contribution in [2.24, 2.45) is 0 Å². The average molecular weight is 396 g/mol. The van der Waals surface area contributed by atoms with Gasteiger partial charge < -0.3 is 9.64 Å². The van der Waals surface area contributed by atoms with E-state index in [9.17, 15) is 13.6 Å². The summed E-state index contributed by atoms with van der Waals surface area (Å²) in [6.07, 6.45) is 2.76. The number of alkyl halides is 2. The van der Waals surface area contributed by atoms with Crippen LogP contribution in [0, 0.1) is 6.92 Å². The molecular formula is C19H20ClF2N3O2. The van der Waals surface area contributed by atoms with Gasteiger partial charge in [-0.05, 0) is 31.5 Å². The zero-order valence-electron chi connectivity index (χ0n) is 15.3. The first kappa shape index (κ1) is 19.5. The van der Waals surface area contributed by atoms with Gasteiger partial charge in [-0.1, -0.05) is 18.5 Å². The second-order valence-corrected chi connectivity index (χ2v) is 6.98. The van der Waals surface area contributed by atoms with Crippen LogP contribution in [0.2, 0.25) is 5.15 Å². The molecule has 5 nitrogen and oxygen atoms in total. The highest BCUT2D eigenvalue weighted by Gasteiger charge is 2.33. The fraction of sp³-hybridized carbons (Fsp3) is 0.421. The van der Waals surface area contributed by atoms with Crippen molar-refractivity contribution in [2.45, 2.75) is 45.7 Å². The highest BCUT2D eigenvalue weighted by Crippen LogP contribution is 2.34. The molecule has 1 atom stereocenters. The van der Waals surface area contributed by atoms with Crippen molar-refractivity contribution in [2.75, 3.05) is 6.61 Å². The number of hydrogen-bond acceptors (Lipinski definition) is 4. The first-order valence-corrected chi connectivity index (χ1v) is 9.03. The molecule has 0 aliphatic carbocycles. The lowest BCUT2D eigenvalue weighted by molar-refractivity contribution is -0.0449. The summed E-state index contributed by atoms with van der Waals surface area (Å²) in [5, 5.41) is 0.324. The molecular weight excluding hydrogens is 376 g/mol. The predicted molar refractivity (Wildman–Crippen MR) is 97.2 cm³/mol. The molecule has 0 saturated heterocycles. The molecule has 1 unspecified atom stereocenters. The second kappa shape index (κ2) is 7.38. The van der Waals surface area contributed by atoms with Gasteiger partial charge in [0.05, 0.1) is 12.6 Å². The minimum atomic E-state index is -2.89. The van der Waals surface area contributed by atoms with E-state index in [0.29, 0.717) is 28.4 Å². The topological polar surface area (TPSA) is 55.3 Å². The van der Waals surface area contributed by atoms with Gasteiger partial charge in [0, 0.05) is 35.5 Å². The molecule has 0 N–H and O–H groups in total. The Morgan fingerprint density at radius 3 is 2.78 bits per heavy atom. The summed E-state index contributed by atoms with van der Waals surface area (Å²) in [5.74, 6) is -2.84. The van der Waals surface area contributed by atoms with E-state index in [0.717, 1.165) is 5.56 Å². The van der Waals surface area contributed by atoms with Crippen LogP contribution in [0.5, 0.6) is 5.88 Å². The van der Waals surface area contributed by atoms with E-state index in [1.165, 1.54) is 13.1 Å². The molecule has 3 rings (SSSR count). The summed E-state index contributed by atoms with van der Waals surface area (Å²) in [6, 6.07) is 3.19. The smallest absolute Gasteiger partial charge is 0.281 e. The molecule has 2 aromatic rings. The van der Waals surface area contributed by atoms with E-state index in [-0.39, 0.29) is 24.2 Å². The fourth-order valence-corrected chi connectivity index (χ4v) is 3.16. The Balaban J connectivity index is 1.77. The van der Waals surface area contributed by atoms with Gasteiger partial charge in [0.2, 0.25) is 5.88 Å². The summed E-state index contributed by atoms with van der Waals surface area (Å²) >= 11 is 6.10. The van der Waals surface area contributed by atoms with Crippen LogP contribution in [0.1, 0.15) is 53.4 Å². The molecule has 1 aliphatic heterocycles. The molecule has 8 heteroatoms. The molecule has 0 aromatic carbocycles. The van der Waals surface area contributed by atoms with Crippen LogP contribution in [0.15, 0.2) is 24.5 Å². The van der Waals surface area contributed by atoms with Crippen molar-refractivity contribution >= 4 is 17.5 Å². The molecule has 0 saturated carbocycles. The third-order valence-electron chi connectivity index (χ3n) is 4.76. The van der Waals surface area contributed by atoms with E-state index in [1.54, 1.807) is 30.2 Å². The number of aryl methyl sites for hydroxylation is 1. The van der Waals surface area contributed by atoms with Crippen molar-refractivity contribution < 1.29 is 18.3 Å². The summed E-state index contributed by atoms with van der Waals surface area (Å²) in [5.41, 5.74) is 2.68. The zero-order chi connectivity index (χ0) is 19.8. The maximum Gasteiger partial charge on any atom is 0.281 e. The average Bonchev–Trinajstić information content (AvgIpc) is 2.98. The quantitative estimate of drug-likeness (QED) is 0.672. The van der Waals surface area contributed by atoms with Gasteiger partial charge in [0.25, 0.3) is 11.8 Å². The van der Waals surface area contributed by atoms with Crippen LogP contribution >= 0.6 is 11.6 Å². The number of ether oxygens (including phenoxy) is 1. The third-order valence-corrected chi connectivity index (χ3v) is 5.09. The van der Waals surface area contributed by atoms with Crippen molar-refractivity contribution in [1.82, 2.24) is 14.9 Å². The number of amides is 1. The molecule has 0 spiro atoms. The maximum absolute atomic E-state index is 13.4. The monoisotopic (exact) mass is 395 g/mol. The summed E-state index contributed by atoms with van der Waals surface area (Å²) in [4.78, 5) is 22.5. The number of carbonyl (C=O) groups is 1. The van der Waals surface area contributed by atoms with E-state index in [1.807, 2.05) is 6.92 Å². The minimum absolute atomic E-state index is 0.123. The largest absolute Gasteiger partial charge is 0.471 e. The lowest BCUT2D eigenvalue weighted by atomic mass is 10.1. The number of hydrogen-bond donors (Lipinski definition) is 0. The number of pyridine rings is 2. The Labute approximate surface area is 161 Å². The Kier molecular flexibility index (Phi) is 5.33. The molecule has 1 aliphatic rings. The van der Waals surface area contributed by atoms with Crippen molar-refractivity contribution in [3.8, 4) is 5.88 Å². The van der Waals surface area contributed by atoms with Gasteiger partial charge in [-0.2, -0.15) is 0 Å². The van der Waals surface area contributed by atoms with Crippen molar-refractivity contribution in [3.05, 3.63) is 51.9 Å². The number of nitrogens with zero attached hydrogens (tertiary/aromatic N) is 3. The number of carbonyl (C=O) groups excluding carboxylic acids is 1. The van der Waals surface area contributed by atoms with Crippen molar-refractivity contribution in [3.63, 3.8) is 0 Å². The Hall–Kier alpha value is -2.28. The molecule has 1 amide bonds. The van der Waals surface area contributed by atoms with Crippen molar-refractivity contribution in [1.29, 1.82) is 0 Å². The van der Waals surface area contributed by atoms with Gasteiger partial charge in [-0.15, -0.1) is 0 Å². The number of aromatic nitrogens is 2. The standard InChI is InChI=1S/C19H20ClF2N3O2/c1-4-19(21,22)10-27-17-11(2)7-13(8-24-17)12(3)25-9-15-14(18(25)26)5-6-23-16(15)20/h5-8,12H,4,9-10H2,1-3H3. The number of halogens is 3. The Morgan fingerprint density at radius 2 is 2.15 bits per heavy atom. The minimum Gasteiger partial charge on any atom is -0.471 e. The van der Waals surface area contributed by atoms with E-state index >= 15 is 0 Å². The molecule has 27 heavy (non-hydrogen) atoms. The first-order valence-electron chi connectivity index (χ1n) is 8.65. The maximum atomic E-state index is 13.4. The Morgan fingerprint density at radius 1 is 1.41 bits per heavy atom. The van der Waals surface area contributed by atoms with Crippen LogP contribution in [0.3, 0.4) is 0 Å². The lowest BCUT2D eigenvalue weighted by Crippen LogP contribution is -2.27. The van der Waals surface area contributed by atoms with Gasteiger partial charge in [0.1, 0.15) is 5.15 Å². The summed E-state index contributed by atoms with van der Waals surface area (Å²) in [7, 11) is 0. The summed E-state index contributed by atoms with van der Waals surface area (Å²) in [6.45, 7) is 4.68. The summed E-state index contributed by atoms with van der Waals surface area (Å²) < 4.78 is 31.9. The highest BCUT2D eigenvalue weighted by molar-refractivity contribution is 6.30. The number of fused-ring (bicyclic) bond motifs is 1. The third kappa shape index (κ3) is 3.88. The SMILES string of the molecule is CCC(F)(F)COc1ncc(C(C)N2Cc3c(ccnc3Cl)C2=O)cc1C. The molecule has 0 bridgehead atoms. The normalized spacial score (nSPS) is 15.0. The van der Waals surface area contributed by atoms with Crippen LogP contribution in [0.25, 0.3) is 0 Å².